The molecule has 1 aliphatic rings. The third kappa shape index (κ3) is 3.01. The second-order valence-corrected chi connectivity index (χ2v) is 3.79. The normalized spacial score (nSPS) is 15.2. The van der Waals surface area contributed by atoms with E-state index in [9.17, 15) is 4.79 Å². The highest BCUT2D eigenvalue weighted by molar-refractivity contribution is 5.96. The molecule has 0 radical (unpaired) electrons. The molecule has 0 saturated carbocycles. The summed E-state index contributed by atoms with van der Waals surface area (Å²) in [5.41, 5.74) is 6.98. The number of nitrogen functional groups attached to an aromatic ring is 1. The Labute approximate surface area is 99.3 Å². The minimum Gasteiger partial charge on any atom is -0.382 e. The average molecular weight is 233 g/mol. The molecule has 6 heteroatoms. The second kappa shape index (κ2) is 5.40. The number of anilines is 1. The van der Waals surface area contributed by atoms with Gasteiger partial charge in [-0.25, -0.2) is 9.97 Å². The van der Waals surface area contributed by atoms with Crippen LogP contribution >= 0.6 is 0 Å². The van der Waals surface area contributed by atoms with Gasteiger partial charge in [0.15, 0.2) is 11.5 Å². The quantitative estimate of drug-likeness (QED) is 0.624. The summed E-state index contributed by atoms with van der Waals surface area (Å²) in [6.07, 6.45) is 5.95. The van der Waals surface area contributed by atoms with Gasteiger partial charge in [-0.1, -0.05) is 11.6 Å². The van der Waals surface area contributed by atoms with Crippen molar-refractivity contribution >= 4 is 11.7 Å². The molecule has 1 amide bonds. The molecule has 2 rings (SSSR count). The van der Waals surface area contributed by atoms with Gasteiger partial charge < -0.3 is 16.4 Å². The summed E-state index contributed by atoms with van der Waals surface area (Å²) < 4.78 is 0. The van der Waals surface area contributed by atoms with Crippen LogP contribution in [0.4, 0.5) is 5.82 Å². The van der Waals surface area contributed by atoms with Crippen LogP contribution in [0, 0.1) is 0 Å². The van der Waals surface area contributed by atoms with E-state index in [-0.39, 0.29) is 17.4 Å². The number of hydrogen-bond acceptors (Lipinski definition) is 5. The van der Waals surface area contributed by atoms with Gasteiger partial charge in [0, 0.05) is 25.5 Å². The van der Waals surface area contributed by atoms with Crippen molar-refractivity contribution in [2.45, 2.75) is 6.42 Å². The van der Waals surface area contributed by atoms with Gasteiger partial charge in [0.2, 0.25) is 0 Å². The Balaban J connectivity index is 1.93. The van der Waals surface area contributed by atoms with E-state index in [4.69, 9.17) is 5.73 Å². The summed E-state index contributed by atoms with van der Waals surface area (Å²) in [6, 6.07) is 0. The van der Waals surface area contributed by atoms with Crippen LogP contribution in [0.2, 0.25) is 0 Å². The summed E-state index contributed by atoms with van der Waals surface area (Å²) in [5.74, 6) is -0.126. The number of nitrogens with zero attached hydrogens (tertiary/aromatic N) is 2. The minimum atomic E-state index is -0.282. The zero-order valence-corrected chi connectivity index (χ0v) is 9.44. The summed E-state index contributed by atoms with van der Waals surface area (Å²) in [6.45, 7) is 2.35. The smallest absolute Gasteiger partial charge is 0.273 e. The molecular weight excluding hydrogens is 218 g/mol. The lowest BCUT2D eigenvalue weighted by molar-refractivity contribution is 0.0952. The van der Waals surface area contributed by atoms with Gasteiger partial charge >= 0.3 is 0 Å². The van der Waals surface area contributed by atoms with Crippen LogP contribution in [0.1, 0.15) is 16.9 Å². The van der Waals surface area contributed by atoms with Crippen LogP contribution in [-0.4, -0.2) is 35.5 Å². The van der Waals surface area contributed by atoms with E-state index in [1.165, 1.54) is 18.0 Å². The zero-order valence-electron chi connectivity index (χ0n) is 9.44. The number of carbonyl (C=O) groups is 1. The van der Waals surface area contributed by atoms with Gasteiger partial charge in [-0.3, -0.25) is 4.79 Å². The van der Waals surface area contributed by atoms with E-state index >= 15 is 0 Å². The summed E-state index contributed by atoms with van der Waals surface area (Å²) in [5, 5.41) is 6.00. The maximum Gasteiger partial charge on any atom is 0.273 e. The number of carbonyl (C=O) groups excluding carboxylic acids is 1. The third-order valence-electron chi connectivity index (χ3n) is 2.58. The molecule has 0 bridgehead atoms. The molecule has 0 aliphatic carbocycles. The standard InChI is InChI=1S/C11H15N5O/c12-10-9(14-5-6-15-10)11(17)16-7-8-1-3-13-4-2-8/h1,5-6,13H,2-4,7H2,(H2,12,15)(H,16,17). The van der Waals surface area contributed by atoms with Crippen molar-refractivity contribution in [3.05, 3.63) is 29.7 Å². The molecule has 0 aromatic carbocycles. The molecule has 0 unspecified atom stereocenters. The summed E-state index contributed by atoms with van der Waals surface area (Å²) in [4.78, 5) is 19.5. The van der Waals surface area contributed by atoms with E-state index in [2.05, 4.69) is 26.7 Å². The van der Waals surface area contributed by atoms with Crippen LogP contribution in [0.25, 0.3) is 0 Å². The molecule has 0 saturated heterocycles. The largest absolute Gasteiger partial charge is 0.382 e. The molecule has 1 aliphatic heterocycles. The number of aromatic nitrogens is 2. The van der Waals surface area contributed by atoms with Gasteiger partial charge in [0.1, 0.15) is 0 Å². The Morgan fingerprint density at radius 1 is 1.47 bits per heavy atom. The first-order valence-corrected chi connectivity index (χ1v) is 5.50. The first-order valence-electron chi connectivity index (χ1n) is 5.50. The molecule has 17 heavy (non-hydrogen) atoms. The van der Waals surface area contributed by atoms with Crippen LogP contribution < -0.4 is 16.4 Å². The van der Waals surface area contributed by atoms with Crippen LogP contribution in [0.5, 0.6) is 0 Å². The van der Waals surface area contributed by atoms with Gasteiger partial charge in [0.25, 0.3) is 5.91 Å². The van der Waals surface area contributed by atoms with E-state index in [0.29, 0.717) is 6.54 Å². The summed E-state index contributed by atoms with van der Waals surface area (Å²) >= 11 is 0. The molecule has 0 fully saturated rings. The highest BCUT2D eigenvalue weighted by atomic mass is 16.1. The van der Waals surface area contributed by atoms with Crippen LogP contribution in [0.15, 0.2) is 24.0 Å². The number of amides is 1. The highest BCUT2D eigenvalue weighted by Gasteiger charge is 2.12. The van der Waals surface area contributed by atoms with Crippen molar-refractivity contribution in [3.63, 3.8) is 0 Å². The van der Waals surface area contributed by atoms with Crippen molar-refractivity contribution in [2.24, 2.45) is 0 Å². The first-order chi connectivity index (χ1) is 8.27. The fourth-order valence-electron chi connectivity index (χ4n) is 1.63. The van der Waals surface area contributed by atoms with Gasteiger partial charge in [-0.05, 0) is 13.0 Å². The number of rotatable bonds is 3. The third-order valence-corrected chi connectivity index (χ3v) is 2.58. The monoisotopic (exact) mass is 233 g/mol. The SMILES string of the molecule is Nc1nccnc1C(=O)NCC1=CCNCC1. The Bertz CT molecular complexity index is 443. The van der Waals surface area contributed by atoms with Crippen LogP contribution in [0.3, 0.4) is 0 Å². The molecule has 0 atom stereocenters. The van der Waals surface area contributed by atoms with E-state index in [1.807, 2.05) is 0 Å². The average Bonchev–Trinajstić information content (AvgIpc) is 2.38. The zero-order chi connectivity index (χ0) is 12.1. The predicted octanol–water partition coefficient (Wildman–Crippen LogP) is -0.292. The van der Waals surface area contributed by atoms with Crippen molar-refractivity contribution in [1.29, 1.82) is 0 Å². The lowest BCUT2D eigenvalue weighted by Gasteiger charge is -2.14. The van der Waals surface area contributed by atoms with Gasteiger partial charge in [-0.15, -0.1) is 0 Å². The maximum atomic E-state index is 11.8. The summed E-state index contributed by atoms with van der Waals surface area (Å²) in [7, 11) is 0. The molecule has 2 heterocycles. The molecular formula is C11H15N5O. The van der Waals surface area contributed by atoms with Gasteiger partial charge in [0.05, 0.1) is 0 Å². The minimum absolute atomic E-state index is 0.157. The van der Waals surface area contributed by atoms with E-state index in [1.54, 1.807) is 0 Å². The Morgan fingerprint density at radius 2 is 2.29 bits per heavy atom. The van der Waals surface area contributed by atoms with Crippen molar-refractivity contribution < 1.29 is 4.79 Å². The highest BCUT2D eigenvalue weighted by Crippen LogP contribution is 2.05. The molecule has 6 nitrogen and oxygen atoms in total. The molecule has 1 aromatic rings. The number of nitrogens with one attached hydrogen (secondary N) is 2. The van der Waals surface area contributed by atoms with Crippen molar-refractivity contribution in [2.75, 3.05) is 25.4 Å². The molecule has 4 N–H and O–H groups in total. The van der Waals surface area contributed by atoms with E-state index < -0.39 is 0 Å². The maximum absolute atomic E-state index is 11.8. The predicted molar refractivity (Wildman–Crippen MR) is 64.3 cm³/mol. The lowest BCUT2D eigenvalue weighted by Crippen LogP contribution is -2.30. The second-order valence-electron chi connectivity index (χ2n) is 3.79. The number of nitrogens with two attached hydrogens (primary N) is 1. The Kier molecular flexibility index (Phi) is 3.66. The van der Waals surface area contributed by atoms with Crippen molar-refractivity contribution in [1.82, 2.24) is 20.6 Å². The topological polar surface area (TPSA) is 92.9 Å². The van der Waals surface area contributed by atoms with E-state index in [0.717, 1.165) is 19.5 Å². The van der Waals surface area contributed by atoms with Gasteiger partial charge in [-0.2, -0.15) is 0 Å². The molecule has 90 valence electrons. The fraction of sp³-hybridized carbons (Fsp3) is 0.364. The lowest BCUT2D eigenvalue weighted by atomic mass is 10.1. The van der Waals surface area contributed by atoms with Crippen LogP contribution in [-0.2, 0) is 0 Å². The van der Waals surface area contributed by atoms with Crippen molar-refractivity contribution in [3.8, 4) is 0 Å². The Morgan fingerprint density at radius 3 is 3.00 bits per heavy atom. The fourth-order valence-corrected chi connectivity index (χ4v) is 1.63. The molecule has 1 aromatic heterocycles. The molecule has 0 spiro atoms. The number of hydrogen-bond donors (Lipinski definition) is 3. The first kappa shape index (κ1) is 11.5. The Hall–Kier alpha value is -1.95.